The topological polar surface area (TPSA) is 18.5 Å². The SMILES string of the molecule is COc1cc(Br)c(C(C)(C)CCCl)c(OC)c1. The molecule has 0 aliphatic rings. The molecule has 0 unspecified atom stereocenters. The molecule has 2 nitrogen and oxygen atoms in total. The van der Waals surface area contributed by atoms with E-state index in [1.165, 1.54) is 0 Å². The number of hydrogen-bond donors (Lipinski definition) is 0. The molecule has 0 aliphatic carbocycles. The van der Waals surface area contributed by atoms with Crippen molar-refractivity contribution in [1.29, 1.82) is 0 Å². The maximum atomic E-state index is 5.86. The van der Waals surface area contributed by atoms with Crippen LogP contribution in [0.25, 0.3) is 0 Å². The van der Waals surface area contributed by atoms with E-state index in [0.717, 1.165) is 28.0 Å². The Kier molecular flexibility index (Phi) is 5.14. The van der Waals surface area contributed by atoms with Crippen molar-refractivity contribution in [3.05, 3.63) is 22.2 Å². The fourth-order valence-corrected chi connectivity index (χ4v) is 3.28. The molecular formula is C13H18BrClO2. The van der Waals surface area contributed by atoms with Gasteiger partial charge in [0.15, 0.2) is 0 Å². The Morgan fingerprint density at radius 3 is 2.35 bits per heavy atom. The maximum Gasteiger partial charge on any atom is 0.127 e. The van der Waals surface area contributed by atoms with Crippen LogP contribution >= 0.6 is 27.5 Å². The molecule has 0 heterocycles. The number of methoxy groups -OCH3 is 2. The summed E-state index contributed by atoms with van der Waals surface area (Å²) in [4.78, 5) is 0. The minimum atomic E-state index is -0.0435. The largest absolute Gasteiger partial charge is 0.497 e. The van der Waals surface area contributed by atoms with Crippen molar-refractivity contribution in [2.24, 2.45) is 0 Å². The minimum absolute atomic E-state index is 0.0435. The minimum Gasteiger partial charge on any atom is -0.497 e. The molecule has 0 aliphatic heterocycles. The van der Waals surface area contributed by atoms with Crippen molar-refractivity contribution >= 4 is 27.5 Å². The Morgan fingerprint density at radius 1 is 1.24 bits per heavy atom. The van der Waals surface area contributed by atoms with Crippen molar-refractivity contribution in [2.45, 2.75) is 25.7 Å². The molecule has 0 atom stereocenters. The molecule has 1 rings (SSSR count). The molecule has 1 aromatic rings. The average molecular weight is 322 g/mol. The van der Waals surface area contributed by atoms with Gasteiger partial charge in [0.1, 0.15) is 11.5 Å². The zero-order valence-corrected chi connectivity index (χ0v) is 13.0. The van der Waals surface area contributed by atoms with Crippen LogP contribution in [0.5, 0.6) is 11.5 Å². The number of hydrogen-bond acceptors (Lipinski definition) is 2. The monoisotopic (exact) mass is 320 g/mol. The van der Waals surface area contributed by atoms with E-state index in [0.29, 0.717) is 5.88 Å². The highest BCUT2D eigenvalue weighted by Gasteiger charge is 2.27. The highest BCUT2D eigenvalue weighted by atomic mass is 79.9. The second-order valence-corrected chi connectivity index (χ2v) is 5.74. The highest BCUT2D eigenvalue weighted by molar-refractivity contribution is 9.10. The van der Waals surface area contributed by atoms with Crippen LogP contribution in [0.15, 0.2) is 16.6 Å². The molecule has 96 valence electrons. The van der Waals surface area contributed by atoms with Gasteiger partial charge >= 0.3 is 0 Å². The van der Waals surface area contributed by atoms with Gasteiger partial charge in [0.2, 0.25) is 0 Å². The van der Waals surface area contributed by atoms with E-state index < -0.39 is 0 Å². The number of ether oxygens (including phenoxy) is 2. The molecule has 0 saturated carbocycles. The maximum absolute atomic E-state index is 5.86. The molecule has 17 heavy (non-hydrogen) atoms. The zero-order chi connectivity index (χ0) is 13.1. The molecule has 0 fully saturated rings. The van der Waals surface area contributed by atoms with Gasteiger partial charge < -0.3 is 9.47 Å². The lowest BCUT2D eigenvalue weighted by molar-refractivity contribution is 0.376. The summed E-state index contributed by atoms with van der Waals surface area (Å²) in [6, 6.07) is 3.85. The van der Waals surface area contributed by atoms with Crippen molar-refractivity contribution in [2.75, 3.05) is 20.1 Å². The summed E-state index contributed by atoms with van der Waals surface area (Å²) >= 11 is 9.44. The Balaban J connectivity index is 3.31. The fourth-order valence-electron chi connectivity index (χ4n) is 1.85. The third-order valence-corrected chi connectivity index (χ3v) is 3.69. The van der Waals surface area contributed by atoms with E-state index in [1.54, 1.807) is 14.2 Å². The second kappa shape index (κ2) is 5.96. The normalized spacial score (nSPS) is 11.4. The van der Waals surface area contributed by atoms with Crippen LogP contribution in [-0.2, 0) is 5.41 Å². The van der Waals surface area contributed by atoms with Gasteiger partial charge in [-0.2, -0.15) is 0 Å². The Bertz CT molecular complexity index is 391. The molecule has 1 aromatic carbocycles. The predicted octanol–water partition coefficient (Wildman–Crippen LogP) is 4.37. The Labute approximate surface area is 116 Å². The average Bonchev–Trinajstić information content (AvgIpc) is 2.27. The standard InChI is InChI=1S/C13H18BrClO2/c1-13(2,5-6-15)12-10(14)7-9(16-3)8-11(12)17-4/h7-8H,5-6H2,1-4H3. The van der Waals surface area contributed by atoms with Crippen molar-refractivity contribution in [3.8, 4) is 11.5 Å². The summed E-state index contributed by atoms with van der Waals surface area (Å²) in [6.07, 6.45) is 0.885. The second-order valence-electron chi connectivity index (χ2n) is 4.51. The summed E-state index contributed by atoms with van der Waals surface area (Å²) in [5.41, 5.74) is 1.08. The van der Waals surface area contributed by atoms with E-state index in [-0.39, 0.29) is 5.41 Å². The van der Waals surface area contributed by atoms with Gasteiger partial charge in [0, 0.05) is 22.0 Å². The van der Waals surface area contributed by atoms with Gasteiger partial charge in [0.25, 0.3) is 0 Å². The lowest BCUT2D eigenvalue weighted by Crippen LogP contribution is -2.19. The highest BCUT2D eigenvalue weighted by Crippen LogP contribution is 2.42. The molecule has 0 radical (unpaired) electrons. The van der Waals surface area contributed by atoms with Crippen LogP contribution in [-0.4, -0.2) is 20.1 Å². The summed E-state index contributed by atoms with van der Waals surface area (Å²) in [7, 11) is 3.31. The van der Waals surface area contributed by atoms with Crippen LogP contribution in [0, 0.1) is 0 Å². The van der Waals surface area contributed by atoms with Crippen LogP contribution in [0.2, 0.25) is 0 Å². The number of benzene rings is 1. The quantitative estimate of drug-likeness (QED) is 0.750. The molecule has 0 amide bonds. The molecule has 0 aromatic heterocycles. The third kappa shape index (κ3) is 3.29. The summed E-state index contributed by atoms with van der Waals surface area (Å²) in [5, 5.41) is 0. The van der Waals surface area contributed by atoms with Crippen LogP contribution in [0.4, 0.5) is 0 Å². The lowest BCUT2D eigenvalue weighted by Gasteiger charge is -2.28. The smallest absolute Gasteiger partial charge is 0.127 e. The van der Waals surface area contributed by atoms with Gasteiger partial charge in [-0.15, -0.1) is 11.6 Å². The number of halogens is 2. The van der Waals surface area contributed by atoms with Gasteiger partial charge in [-0.3, -0.25) is 0 Å². The predicted molar refractivity (Wildman–Crippen MR) is 75.6 cm³/mol. The van der Waals surface area contributed by atoms with Crippen LogP contribution in [0.3, 0.4) is 0 Å². The van der Waals surface area contributed by atoms with Crippen molar-refractivity contribution in [3.63, 3.8) is 0 Å². The molecule has 4 heteroatoms. The molecular weight excluding hydrogens is 303 g/mol. The summed E-state index contributed by atoms with van der Waals surface area (Å²) in [5.74, 6) is 2.22. The fraction of sp³-hybridized carbons (Fsp3) is 0.538. The van der Waals surface area contributed by atoms with E-state index >= 15 is 0 Å². The zero-order valence-electron chi connectivity index (χ0n) is 10.6. The van der Waals surface area contributed by atoms with E-state index in [2.05, 4.69) is 29.8 Å². The van der Waals surface area contributed by atoms with E-state index in [9.17, 15) is 0 Å². The third-order valence-electron chi connectivity index (χ3n) is 2.88. The molecule has 0 N–H and O–H groups in total. The number of rotatable bonds is 5. The molecule has 0 spiro atoms. The first-order valence-electron chi connectivity index (χ1n) is 5.44. The first kappa shape index (κ1) is 14.7. The van der Waals surface area contributed by atoms with E-state index in [1.807, 2.05) is 12.1 Å². The molecule has 0 bridgehead atoms. The number of alkyl halides is 1. The van der Waals surface area contributed by atoms with Crippen molar-refractivity contribution < 1.29 is 9.47 Å². The summed E-state index contributed by atoms with van der Waals surface area (Å²) in [6.45, 7) is 4.31. The summed E-state index contributed by atoms with van der Waals surface area (Å²) < 4.78 is 11.7. The van der Waals surface area contributed by atoms with Gasteiger partial charge in [-0.1, -0.05) is 29.8 Å². The van der Waals surface area contributed by atoms with Gasteiger partial charge in [0.05, 0.1) is 14.2 Å². The van der Waals surface area contributed by atoms with E-state index in [4.69, 9.17) is 21.1 Å². The van der Waals surface area contributed by atoms with Crippen molar-refractivity contribution in [1.82, 2.24) is 0 Å². The lowest BCUT2D eigenvalue weighted by atomic mass is 9.81. The first-order chi connectivity index (χ1) is 7.96. The first-order valence-corrected chi connectivity index (χ1v) is 6.77. The van der Waals surface area contributed by atoms with Crippen LogP contribution in [0.1, 0.15) is 25.8 Å². The van der Waals surface area contributed by atoms with Gasteiger partial charge in [-0.25, -0.2) is 0 Å². The Morgan fingerprint density at radius 2 is 1.88 bits per heavy atom. The molecule has 0 saturated heterocycles. The Hall–Kier alpha value is -0.410. The van der Waals surface area contributed by atoms with Crippen LogP contribution < -0.4 is 9.47 Å². The van der Waals surface area contributed by atoms with Gasteiger partial charge in [-0.05, 0) is 17.9 Å².